The lowest BCUT2D eigenvalue weighted by atomic mass is 10.1. The molecule has 0 radical (unpaired) electrons. The molecule has 20 heavy (non-hydrogen) atoms. The summed E-state index contributed by atoms with van der Waals surface area (Å²) in [5, 5.41) is 21.1. The van der Waals surface area contributed by atoms with E-state index < -0.39 is 35.3 Å². The van der Waals surface area contributed by atoms with Crippen LogP contribution in [-0.2, 0) is 9.59 Å². The van der Waals surface area contributed by atoms with Crippen LogP contribution in [0.2, 0.25) is 0 Å². The molecule has 0 aliphatic heterocycles. The minimum Gasteiger partial charge on any atom is -0.504 e. The second-order valence-electron chi connectivity index (χ2n) is 4.11. The number of benzene rings is 1. The number of carbonyl (C=O) groups excluding carboxylic acids is 3. The number of phenolic OH excluding ortho intramolecular Hbond substituents is 2. The average Bonchev–Trinajstić information content (AvgIpc) is 2.36. The van der Waals surface area contributed by atoms with Gasteiger partial charge in [0.25, 0.3) is 5.91 Å². The van der Waals surface area contributed by atoms with Crippen molar-refractivity contribution in [3.63, 3.8) is 0 Å². The Morgan fingerprint density at radius 3 is 2.40 bits per heavy atom. The Hall–Kier alpha value is -2.77. The maximum absolute atomic E-state index is 11.9. The quantitative estimate of drug-likeness (QED) is 0.420. The molecule has 8 nitrogen and oxygen atoms in total. The third kappa shape index (κ3) is 3.87. The van der Waals surface area contributed by atoms with Crippen LogP contribution in [0.1, 0.15) is 23.2 Å². The predicted octanol–water partition coefficient (Wildman–Crippen LogP) is -1.05. The minimum absolute atomic E-state index is 0.0457. The van der Waals surface area contributed by atoms with Gasteiger partial charge in [-0.05, 0) is 18.6 Å². The van der Waals surface area contributed by atoms with E-state index in [1.165, 1.54) is 18.2 Å². The summed E-state index contributed by atoms with van der Waals surface area (Å²) >= 11 is 0. The van der Waals surface area contributed by atoms with Crippen molar-refractivity contribution in [2.75, 3.05) is 0 Å². The number of aromatic hydroxyl groups is 2. The van der Waals surface area contributed by atoms with Gasteiger partial charge in [0.05, 0.1) is 5.56 Å². The first-order chi connectivity index (χ1) is 9.32. The first-order valence-electron chi connectivity index (χ1n) is 5.72. The lowest BCUT2D eigenvalue weighted by Gasteiger charge is -2.15. The van der Waals surface area contributed by atoms with Gasteiger partial charge in [-0.1, -0.05) is 6.07 Å². The fourth-order valence-corrected chi connectivity index (χ4v) is 1.52. The molecule has 1 rings (SSSR count). The lowest BCUT2D eigenvalue weighted by Crippen LogP contribution is -2.44. The Morgan fingerprint density at radius 2 is 1.85 bits per heavy atom. The number of amides is 3. The van der Waals surface area contributed by atoms with E-state index in [9.17, 15) is 24.6 Å². The van der Waals surface area contributed by atoms with Crippen molar-refractivity contribution in [1.29, 1.82) is 0 Å². The molecule has 3 amide bonds. The highest BCUT2D eigenvalue weighted by Gasteiger charge is 2.21. The van der Waals surface area contributed by atoms with Crippen LogP contribution >= 0.6 is 0 Å². The van der Waals surface area contributed by atoms with E-state index in [0.717, 1.165) is 0 Å². The number of phenols is 2. The van der Waals surface area contributed by atoms with Gasteiger partial charge >= 0.3 is 0 Å². The summed E-state index contributed by atoms with van der Waals surface area (Å²) in [6, 6.07) is 2.71. The van der Waals surface area contributed by atoms with Gasteiger partial charge in [0, 0.05) is 6.42 Å². The van der Waals surface area contributed by atoms with Crippen LogP contribution in [0, 0.1) is 0 Å². The van der Waals surface area contributed by atoms with E-state index in [0.29, 0.717) is 0 Å². The van der Waals surface area contributed by atoms with Gasteiger partial charge in [-0.3, -0.25) is 14.4 Å². The third-order valence-corrected chi connectivity index (χ3v) is 2.59. The maximum atomic E-state index is 11.9. The molecular formula is C12H15N3O5. The summed E-state index contributed by atoms with van der Waals surface area (Å²) in [6.45, 7) is 0. The molecule has 1 atom stereocenters. The number of rotatable bonds is 6. The van der Waals surface area contributed by atoms with Crippen molar-refractivity contribution in [2.45, 2.75) is 18.9 Å². The van der Waals surface area contributed by atoms with Crippen molar-refractivity contribution in [3.05, 3.63) is 23.8 Å². The molecule has 8 heteroatoms. The van der Waals surface area contributed by atoms with E-state index in [4.69, 9.17) is 11.5 Å². The number of para-hydroxylation sites is 1. The molecule has 7 N–H and O–H groups in total. The number of nitrogens with one attached hydrogen (secondary N) is 1. The molecule has 0 spiro atoms. The smallest absolute Gasteiger partial charge is 0.255 e. The molecule has 1 aromatic carbocycles. The Bertz CT molecular complexity index is 544. The lowest BCUT2D eigenvalue weighted by molar-refractivity contribution is -0.120. The molecule has 0 bridgehead atoms. The van der Waals surface area contributed by atoms with Crippen LogP contribution in [0.3, 0.4) is 0 Å². The van der Waals surface area contributed by atoms with Crippen molar-refractivity contribution in [2.24, 2.45) is 11.5 Å². The normalized spacial score (nSPS) is 11.6. The third-order valence-electron chi connectivity index (χ3n) is 2.59. The van der Waals surface area contributed by atoms with Gasteiger partial charge in [-0.2, -0.15) is 0 Å². The number of hydrogen-bond donors (Lipinski definition) is 5. The van der Waals surface area contributed by atoms with Gasteiger partial charge in [0.2, 0.25) is 11.8 Å². The molecule has 0 aromatic heterocycles. The molecule has 0 unspecified atom stereocenters. The van der Waals surface area contributed by atoms with Gasteiger partial charge in [-0.15, -0.1) is 0 Å². The molecule has 108 valence electrons. The van der Waals surface area contributed by atoms with Crippen molar-refractivity contribution < 1.29 is 24.6 Å². The van der Waals surface area contributed by atoms with Crippen LogP contribution in [0.5, 0.6) is 11.5 Å². The Balaban J connectivity index is 2.83. The molecule has 1 aromatic rings. The standard InChI is InChI=1S/C12H15N3O5/c13-9(17)5-4-7(11(14)19)15-12(20)6-2-1-3-8(16)10(6)18/h1-3,7,16,18H,4-5H2,(H2,13,17)(H2,14,19)(H,15,20)/t7-/m0/s1. The topological polar surface area (TPSA) is 156 Å². The molecule has 0 fully saturated rings. The van der Waals surface area contributed by atoms with E-state index in [1.807, 2.05) is 0 Å². The number of nitrogens with two attached hydrogens (primary N) is 2. The summed E-state index contributed by atoms with van der Waals surface area (Å²) in [5.74, 6) is -3.34. The zero-order valence-electron chi connectivity index (χ0n) is 10.5. The van der Waals surface area contributed by atoms with Crippen molar-refractivity contribution in [3.8, 4) is 11.5 Å². The minimum atomic E-state index is -1.10. The van der Waals surface area contributed by atoms with Crippen LogP contribution in [0.4, 0.5) is 0 Å². The van der Waals surface area contributed by atoms with Crippen molar-refractivity contribution >= 4 is 17.7 Å². The highest BCUT2D eigenvalue weighted by atomic mass is 16.3. The fraction of sp³-hybridized carbons (Fsp3) is 0.250. The summed E-state index contributed by atoms with van der Waals surface area (Å²) in [6.07, 6.45) is -0.171. The van der Waals surface area contributed by atoms with Crippen molar-refractivity contribution in [1.82, 2.24) is 5.32 Å². The molecule has 0 aliphatic carbocycles. The predicted molar refractivity (Wildman–Crippen MR) is 68.6 cm³/mol. The SMILES string of the molecule is NC(=O)CC[C@H](NC(=O)c1cccc(O)c1O)C(N)=O. The Morgan fingerprint density at radius 1 is 1.20 bits per heavy atom. The molecule has 0 saturated carbocycles. The van der Waals surface area contributed by atoms with E-state index in [1.54, 1.807) is 0 Å². The molecule has 0 saturated heterocycles. The first kappa shape index (κ1) is 15.3. The van der Waals surface area contributed by atoms with E-state index >= 15 is 0 Å². The zero-order valence-corrected chi connectivity index (χ0v) is 10.5. The molecular weight excluding hydrogens is 266 g/mol. The monoisotopic (exact) mass is 281 g/mol. The highest BCUT2D eigenvalue weighted by Crippen LogP contribution is 2.28. The zero-order chi connectivity index (χ0) is 15.3. The number of hydrogen-bond acceptors (Lipinski definition) is 5. The largest absolute Gasteiger partial charge is 0.504 e. The van der Waals surface area contributed by atoms with Crippen LogP contribution in [0.15, 0.2) is 18.2 Å². The van der Waals surface area contributed by atoms with Crippen LogP contribution < -0.4 is 16.8 Å². The van der Waals surface area contributed by atoms with E-state index in [2.05, 4.69) is 5.32 Å². The molecule has 0 heterocycles. The second-order valence-corrected chi connectivity index (χ2v) is 4.11. The summed E-state index contributed by atoms with van der Waals surface area (Å²) in [7, 11) is 0. The number of primary amides is 2. The maximum Gasteiger partial charge on any atom is 0.255 e. The highest BCUT2D eigenvalue weighted by molar-refractivity contribution is 6.00. The van der Waals surface area contributed by atoms with Gasteiger partial charge in [-0.25, -0.2) is 0 Å². The first-order valence-corrected chi connectivity index (χ1v) is 5.72. The fourth-order valence-electron chi connectivity index (χ4n) is 1.52. The van der Waals surface area contributed by atoms with Gasteiger partial charge < -0.3 is 27.0 Å². The second kappa shape index (κ2) is 6.41. The van der Waals surface area contributed by atoms with Crippen LogP contribution in [0.25, 0.3) is 0 Å². The van der Waals surface area contributed by atoms with Gasteiger partial charge in [0.1, 0.15) is 6.04 Å². The molecule has 0 aliphatic rings. The average molecular weight is 281 g/mol. The Kier molecular flexibility index (Phi) is 4.90. The Labute approximate surface area is 114 Å². The summed E-state index contributed by atoms with van der Waals surface area (Å²) in [5.41, 5.74) is 9.84. The summed E-state index contributed by atoms with van der Waals surface area (Å²) < 4.78 is 0. The summed E-state index contributed by atoms with van der Waals surface area (Å²) in [4.78, 5) is 33.7. The van der Waals surface area contributed by atoms with Gasteiger partial charge in [0.15, 0.2) is 11.5 Å². The number of carbonyl (C=O) groups is 3. The van der Waals surface area contributed by atoms with Crippen LogP contribution in [-0.4, -0.2) is 34.0 Å². The van der Waals surface area contributed by atoms with E-state index in [-0.39, 0.29) is 18.4 Å².